The van der Waals surface area contributed by atoms with Crippen LogP contribution in [0.2, 0.25) is 0 Å². The van der Waals surface area contributed by atoms with Crippen molar-refractivity contribution in [1.29, 1.82) is 0 Å². The maximum absolute atomic E-state index is 13.4. The Morgan fingerprint density at radius 2 is 1.93 bits per heavy atom. The van der Waals surface area contributed by atoms with Crippen molar-refractivity contribution in [3.05, 3.63) is 60.2 Å². The SMILES string of the molecule is O=C(c1nc2ncccn2n1)N1CCO[C@@H](CN2CCCC2)[C@@H]1c1ccccc1. The molecule has 4 heterocycles. The first-order valence-electron chi connectivity index (χ1n) is 10.2. The van der Waals surface area contributed by atoms with E-state index in [1.54, 1.807) is 18.5 Å². The zero-order chi connectivity index (χ0) is 19.6. The number of likely N-dealkylation sites (tertiary alicyclic amines) is 1. The number of fused-ring (bicyclic) bond motifs is 1. The summed E-state index contributed by atoms with van der Waals surface area (Å²) in [6.07, 6.45) is 5.76. The zero-order valence-electron chi connectivity index (χ0n) is 16.2. The molecular formula is C21H24N6O2. The van der Waals surface area contributed by atoms with Gasteiger partial charge in [-0.3, -0.25) is 4.79 Å². The Morgan fingerprint density at radius 1 is 1.10 bits per heavy atom. The highest BCUT2D eigenvalue weighted by Crippen LogP contribution is 2.31. The summed E-state index contributed by atoms with van der Waals surface area (Å²) in [4.78, 5) is 26.2. The molecule has 0 unspecified atom stereocenters. The lowest BCUT2D eigenvalue weighted by atomic mass is 9.97. The summed E-state index contributed by atoms with van der Waals surface area (Å²) in [7, 11) is 0. The molecule has 0 bridgehead atoms. The second kappa shape index (κ2) is 7.88. The van der Waals surface area contributed by atoms with Crippen molar-refractivity contribution in [2.24, 2.45) is 0 Å². The van der Waals surface area contributed by atoms with Crippen LogP contribution >= 0.6 is 0 Å². The Kier molecular flexibility index (Phi) is 4.95. The van der Waals surface area contributed by atoms with Crippen LogP contribution in [0, 0.1) is 0 Å². The largest absolute Gasteiger partial charge is 0.373 e. The van der Waals surface area contributed by atoms with E-state index in [1.165, 1.54) is 17.4 Å². The van der Waals surface area contributed by atoms with Gasteiger partial charge in [-0.1, -0.05) is 30.3 Å². The average Bonchev–Trinajstić information content (AvgIpc) is 3.43. The van der Waals surface area contributed by atoms with Crippen molar-refractivity contribution in [2.45, 2.75) is 25.0 Å². The summed E-state index contributed by atoms with van der Waals surface area (Å²) >= 11 is 0. The highest BCUT2D eigenvalue weighted by molar-refractivity contribution is 5.91. The number of morpholine rings is 1. The fourth-order valence-corrected chi connectivity index (χ4v) is 4.33. The van der Waals surface area contributed by atoms with Crippen LogP contribution in [0.4, 0.5) is 0 Å². The average molecular weight is 392 g/mol. The first kappa shape index (κ1) is 18.2. The van der Waals surface area contributed by atoms with Crippen LogP contribution in [0.1, 0.15) is 35.1 Å². The van der Waals surface area contributed by atoms with Crippen molar-refractivity contribution >= 4 is 11.7 Å². The van der Waals surface area contributed by atoms with Crippen LogP contribution in [0.5, 0.6) is 0 Å². The Bertz CT molecular complexity index is 952. The second-order valence-electron chi connectivity index (χ2n) is 7.57. The Morgan fingerprint density at radius 3 is 2.72 bits per heavy atom. The molecule has 3 aromatic rings. The standard InChI is InChI=1S/C21H24N6O2/c28-20(19-23-21-22-9-6-12-27(21)24-19)26-13-14-29-17(15-25-10-4-5-11-25)18(26)16-7-2-1-3-8-16/h1-3,6-9,12,17-18H,4-5,10-11,13-15H2/t17-,18-/m0/s1. The zero-order valence-corrected chi connectivity index (χ0v) is 16.2. The normalized spacial score (nSPS) is 23.0. The quantitative estimate of drug-likeness (QED) is 0.674. The van der Waals surface area contributed by atoms with Gasteiger partial charge in [-0.05, 0) is 37.6 Å². The highest BCUT2D eigenvalue weighted by Gasteiger charge is 2.39. The number of aromatic nitrogens is 4. The molecule has 2 fully saturated rings. The van der Waals surface area contributed by atoms with Crippen molar-refractivity contribution in [3.63, 3.8) is 0 Å². The first-order valence-corrected chi connectivity index (χ1v) is 10.2. The summed E-state index contributed by atoms with van der Waals surface area (Å²) in [5, 5.41) is 4.34. The molecular weight excluding hydrogens is 368 g/mol. The number of carbonyl (C=O) groups is 1. The van der Waals surface area contributed by atoms with E-state index in [0.29, 0.717) is 18.9 Å². The molecule has 8 heteroatoms. The minimum absolute atomic E-state index is 0.0802. The Hall–Kier alpha value is -2.84. The van der Waals surface area contributed by atoms with Gasteiger partial charge in [-0.2, -0.15) is 4.98 Å². The predicted molar refractivity (Wildman–Crippen MR) is 106 cm³/mol. The third-order valence-electron chi connectivity index (χ3n) is 5.70. The van der Waals surface area contributed by atoms with Crippen LogP contribution in [0.15, 0.2) is 48.8 Å². The van der Waals surface area contributed by atoms with E-state index in [-0.39, 0.29) is 23.9 Å². The molecule has 150 valence electrons. The van der Waals surface area contributed by atoms with E-state index < -0.39 is 0 Å². The van der Waals surface area contributed by atoms with Gasteiger partial charge in [0.1, 0.15) is 0 Å². The van der Waals surface area contributed by atoms with Crippen molar-refractivity contribution in [1.82, 2.24) is 29.4 Å². The number of rotatable bonds is 4. The second-order valence-corrected chi connectivity index (χ2v) is 7.57. The van der Waals surface area contributed by atoms with Gasteiger partial charge in [0.25, 0.3) is 11.7 Å². The minimum atomic E-state index is -0.181. The van der Waals surface area contributed by atoms with E-state index >= 15 is 0 Å². The molecule has 1 aromatic carbocycles. The van der Waals surface area contributed by atoms with Gasteiger partial charge in [-0.25, -0.2) is 9.50 Å². The van der Waals surface area contributed by atoms with Gasteiger partial charge in [-0.15, -0.1) is 5.10 Å². The smallest absolute Gasteiger partial charge is 0.294 e. The number of benzene rings is 1. The topological polar surface area (TPSA) is 75.9 Å². The summed E-state index contributed by atoms with van der Waals surface area (Å²) in [5.74, 6) is 0.416. The number of hydrogen-bond donors (Lipinski definition) is 0. The molecule has 0 saturated carbocycles. The number of hydrogen-bond acceptors (Lipinski definition) is 6. The fourth-order valence-electron chi connectivity index (χ4n) is 4.33. The van der Waals surface area contributed by atoms with Crippen molar-refractivity contribution in [2.75, 3.05) is 32.8 Å². The van der Waals surface area contributed by atoms with E-state index in [1.807, 2.05) is 23.1 Å². The monoisotopic (exact) mass is 392 g/mol. The number of nitrogens with zero attached hydrogens (tertiary/aromatic N) is 6. The van der Waals surface area contributed by atoms with Crippen molar-refractivity contribution in [3.8, 4) is 0 Å². The van der Waals surface area contributed by atoms with Gasteiger partial charge in [0.2, 0.25) is 5.82 Å². The lowest BCUT2D eigenvalue weighted by Gasteiger charge is -2.42. The molecule has 8 nitrogen and oxygen atoms in total. The first-order chi connectivity index (χ1) is 14.3. The maximum atomic E-state index is 13.4. The van der Waals surface area contributed by atoms with Crippen LogP contribution in [0.25, 0.3) is 5.78 Å². The van der Waals surface area contributed by atoms with Gasteiger partial charge in [0.05, 0.1) is 18.8 Å². The minimum Gasteiger partial charge on any atom is -0.373 e. The van der Waals surface area contributed by atoms with Crippen LogP contribution in [0.3, 0.4) is 0 Å². The van der Waals surface area contributed by atoms with E-state index in [0.717, 1.165) is 25.2 Å². The number of carbonyl (C=O) groups excluding carboxylic acids is 1. The molecule has 2 aliphatic rings. The molecule has 0 N–H and O–H groups in total. The third kappa shape index (κ3) is 3.61. The number of amides is 1. The van der Waals surface area contributed by atoms with E-state index in [2.05, 4.69) is 32.1 Å². The molecule has 0 spiro atoms. The summed E-state index contributed by atoms with van der Waals surface area (Å²) in [6, 6.07) is 11.7. The molecule has 5 rings (SSSR count). The summed E-state index contributed by atoms with van der Waals surface area (Å²) in [5.41, 5.74) is 1.08. The highest BCUT2D eigenvalue weighted by atomic mass is 16.5. The van der Waals surface area contributed by atoms with E-state index in [4.69, 9.17) is 4.74 Å². The number of ether oxygens (including phenoxy) is 1. The molecule has 0 radical (unpaired) electrons. The Balaban J connectivity index is 1.47. The molecule has 29 heavy (non-hydrogen) atoms. The van der Waals surface area contributed by atoms with Gasteiger partial charge >= 0.3 is 0 Å². The summed E-state index contributed by atoms with van der Waals surface area (Å²) < 4.78 is 7.72. The summed E-state index contributed by atoms with van der Waals surface area (Å²) in [6.45, 7) is 4.03. The Labute approximate surface area is 169 Å². The van der Waals surface area contributed by atoms with E-state index in [9.17, 15) is 4.79 Å². The molecule has 2 aromatic heterocycles. The lowest BCUT2D eigenvalue weighted by Crippen LogP contribution is -2.51. The predicted octanol–water partition coefficient (Wildman–Crippen LogP) is 1.80. The molecule has 2 atom stereocenters. The van der Waals surface area contributed by atoms with Gasteiger partial charge in [0.15, 0.2) is 0 Å². The lowest BCUT2D eigenvalue weighted by molar-refractivity contribution is -0.0710. The fraction of sp³-hybridized carbons (Fsp3) is 0.429. The van der Waals surface area contributed by atoms with Crippen molar-refractivity contribution < 1.29 is 9.53 Å². The molecule has 1 amide bonds. The van der Waals surface area contributed by atoms with Crippen LogP contribution in [-0.4, -0.2) is 74.2 Å². The molecule has 2 saturated heterocycles. The van der Waals surface area contributed by atoms with Gasteiger partial charge < -0.3 is 14.5 Å². The maximum Gasteiger partial charge on any atom is 0.294 e. The van der Waals surface area contributed by atoms with Crippen LogP contribution in [-0.2, 0) is 4.74 Å². The third-order valence-corrected chi connectivity index (χ3v) is 5.70. The van der Waals surface area contributed by atoms with Gasteiger partial charge in [0, 0.05) is 25.5 Å². The van der Waals surface area contributed by atoms with Crippen LogP contribution < -0.4 is 0 Å². The molecule has 2 aliphatic heterocycles. The molecule has 0 aliphatic carbocycles.